The second-order valence-electron chi connectivity index (χ2n) is 8.05. The first kappa shape index (κ1) is 20.9. The number of rotatable bonds is 4. The van der Waals surface area contributed by atoms with E-state index in [0.29, 0.717) is 5.11 Å². The average Bonchev–Trinajstić information content (AvgIpc) is 3.40. The maximum atomic E-state index is 5.88. The third-order valence-electron chi connectivity index (χ3n) is 6.04. The maximum absolute atomic E-state index is 5.88. The van der Waals surface area contributed by atoms with Crippen LogP contribution in [0.25, 0.3) is 5.69 Å². The van der Waals surface area contributed by atoms with Crippen LogP contribution in [0, 0.1) is 13.8 Å². The summed E-state index contributed by atoms with van der Waals surface area (Å²) in [6.07, 6.45) is 3.94. The Labute approximate surface area is 202 Å². The van der Waals surface area contributed by atoms with E-state index in [1.165, 1.54) is 11.1 Å². The highest BCUT2D eigenvalue weighted by Gasteiger charge is 2.42. The number of aryl methyl sites for hydroxylation is 2. The minimum atomic E-state index is -0.0777. The number of pyridine rings is 1. The van der Waals surface area contributed by atoms with Gasteiger partial charge in [0.1, 0.15) is 6.04 Å². The molecule has 2 aromatic carbocycles. The molecule has 1 aliphatic rings. The van der Waals surface area contributed by atoms with E-state index in [-0.39, 0.29) is 12.1 Å². The fraction of sp³-hybridized carbons (Fsp3) is 0.154. The zero-order valence-corrected chi connectivity index (χ0v) is 20.3. The van der Waals surface area contributed by atoms with Crippen molar-refractivity contribution in [2.75, 3.05) is 4.90 Å². The highest BCUT2D eigenvalue weighted by atomic mass is 79.9. The minimum absolute atomic E-state index is 0.0616. The Kier molecular flexibility index (Phi) is 5.57. The van der Waals surface area contributed by atoms with Crippen molar-refractivity contribution in [3.8, 4) is 5.69 Å². The number of hydrogen-bond donors (Lipinski definition) is 1. The van der Waals surface area contributed by atoms with Crippen LogP contribution in [0.4, 0.5) is 5.69 Å². The van der Waals surface area contributed by atoms with Crippen molar-refractivity contribution < 1.29 is 0 Å². The van der Waals surface area contributed by atoms with Gasteiger partial charge in [-0.25, -0.2) is 0 Å². The SMILES string of the molecule is Cc1ccc(N2C(=S)N[C@@H](c3ccccn3)[C@H]2c2cccn2-c2cccc(Br)c2)cc1C. The lowest BCUT2D eigenvalue weighted by atomic mass is 10.00. The van der Waals surface area contributed by atoms with Gasteiger partial charge in [0.2, 0.25) is 0 Å². The van der Waals surface area contributed by atoms with Crippen molar-refractivity contribution in [2.24, 2.45) is 0 Å². The molecule has 0 saturated carbocycles. The standard InChI is InChI=1S/C26H23BrN4S/c1-17-11-12-21(15-18(17)2)31-25(24(29-26(31)32)22-9-3-4-13-28-22)23-10-6-14-30(23)20-8-5-7-19(27)16-20/h3-16,24-25H,1-2H3,(H,29,32)/t24-,25+/m0/s1. The number of hydrogen-bond acceptors (Lipinski definition) is 2. The van der Waals surface area contributed by atoms with Gasteiger partial charge >= 0.3 is 0 Å². The van der Waals surface area contributed by atoms with Gasteiger partial charge in [-0.1, -0.05) is 34.1 Å². The van der Waals surface area contributed by atoms with Gasteiger partial charge in [0.25, 0.3) is 0 Å². The molecule has 4 aromatic rings. The van der Waals surface area contributed by atoms with Crippen LogP contribution in [0.5, 0.6) is 0 Å². The van der Waals surface area contributed by atoms with E-state index < -0.39 is 0 Å². The second kappa shape index (κ2) is 8.52. The molecule has 0 unspecified atom stereocenters. The predicted octanol–water partition coefficient (Wildman–Crippen LogP) is 6.43. The van der Waals surface area contributed by atoms with Gasteiger partial charge < -0.3 is 14.8 Å². The molecular weight excluding hydrogens is 480 g/mol. The van der Waals surface area contributed by atoms with Crippen molar-refractivity contribution >= 4 is 38.9 Å². The first-order valence-electron chi connectivity index (χ1n) is 10.5. The van der Waals surface area contributed by atoms with E-state index in [0.717, 1.165) is 27.2 Å². The number of nitrogens with one attached hydrogen (secondary N) is 1. The van der Waals surface area contributed by atoms with Crippen LogP contribution in [0.1, 0.15) is 34.6 Å². The Morgan fingerprint density at radius 3 is 2.53 bits per heavy atom. The summed E-state index contributed by atoms with van der Waals surface area (Å²) in [5.41, 5.74) is 6.79. The van der Waals surface area contributed by atoms with Gasteiger partial charge in [-0.05, 0) is 91.8 Å². The van der Waals surface area contributed by atoms with Crippen molar-refractivity contribution in [3.05, 3.63) is 112 Å². The number of nitrogens with zero attached hydrogens (tertiary/aromatic N) is 3. The molecule has 0 bridgehead atoms. The molecular formula is C26H23BrN4S. The number of halogens is 1. The van der Waals surface area contributed by atoms with Crippen LogP contribution < -0.4 is 10.2 Å². The summed E-state index contributed by atoms with van der Waals surface area (Å²) in [5, 5.41) is 4.26. The molecule has 2 atom stereocenters. The Morgan fingerprint density at radius 2 is 1.78 bits per heavy atom. The van der Waals surface area contributed by atoms with Gasteiger partial charge in [0.05, 0.1) is 11.7 Å². The molecule has 6 heteroatoms. The maximum Gasteiger partial charge on any atom is 0.174 e. The third kappa shape index (κ3) is 3.74. The quantitative estimate of drug-likeness (QED) is 0.326. The van der Waals surface area contributed by atoms with Crippen LogP contribution in [0.2, 0.25) is 0 Å². The second-order valence-corrected chi connectivity index (χ2v) is 9.35. The molecule has 3 heterocycles. The molecule has 1 aliphatic heterocycles. The Bertz CT molecular complexity index is 1280. The van der Waals surface area contributed by atoms with Gasteiger partial charge in [-0.15, -0.1) is 0 Å². The highest BCUT2D eigenvalue weighted by molar-refractivity contribution is 9.10. The van der Waals surface area contributed by atoms with Gasteiger partial charge in [-0.2, -0.15) is 0 Å². The lowest BCUT2D eigenvalue weighted by Gasteiger charge is -2.29. The largest absolute Gasteiger partial charge is 0.351 e. The Balaban J connectivity index is 1.68. The van der Waals surface area contributed by atoms with E-state index in [4.69, 9.17) is 12.2 Å². The van der Waals surface area contributed by atoms with E-state index in [1.54, 1.807) is 0 Å². The van der Waals surface area contributed by atoms with Crippen molar-refractivity contribution in [1.29, 1.82) is 0 Å². The molecule has 0 aliphatic carbocycles. The monoisotopic (exact) mass is 502 g/mol. The van der Waals surface area contributed by atoms with E-state index >= 15 is 0 Å². The van der Waals surface area contributed by atoms with Crippen molar-refractivity contribution in [1.82, 2.24) is 14.9 Å². The summed E-state index contributed by atoms with van der Waals surface area (Å²) in [5.74, 6) is 0. The highest BCUT2D eigenvalue weighted by Crippen LogP contribution is 2.42. The fourth-order valence-electron chi connectivity index (χ4n) is 4.31. The van der Waals surface area contributed by atoms with E-state index in [1.807, 2.05) is 24.4 Å². The fourth-order valence-corrected chi connectivity index (χ4v) is 5.04. The van der Waals surface area contributed by atoms with Gasteiger partial charge in [-0.3, -0.25) is 4.98 Å². The molecule has 4 nitrogen and oxygen atoms in total. The van der Waals surface area contributed by atoms with Crippen molar-refractivity contribution in [2.45, 2.75) is 25.9 Å². The zero-order chi connectivity index (χ0) is 22.2. The van der Waals surface area contributed by atoms with Crippen molar-refractivity contribution in [3.63, 3.8) is 0 Å². The predicted molar refractivity (Wildman–Crippen MR) is 137 cm³/mol. The summed E-state index contributed by atoms with van der Waals surface area (Å²) in [7, 11) is 0. The molecule has 0 amide bonds. The molecule has 1 saturated heterocycles. The summed E-state index contributed by atoms with van der Waals surface area (Å²) in [4.78, 5) is 6.89. The zero-order valence-electron chi connectivity index (χ0n) is 17.9. The number of aromatic nitrogens is 2. The smallest absolute Gasteiger partial charge is 0.174 e. The van der Waals surface area contributed by atoms with Crippen LogP contribution in [0.3, 0.4) is 0 Å². The normalized spacial score (nSPS) is 18.1. The van der Waals surface area contributed by atoms with Crippen LogP contribution in [-0.2, 0) is 0 Å². The Morgan fingerprint density at radius 1 is 0.906 bits per heavy atom. The molecule has 32 heavy (non-hydrogen) atoms. The molecule has 0 spiro atoms. The summed E-state index contributed by atoms with van der Waals surface area (Å²) in [6, 6.07) is 25.0. The summed E-state index contributed by atoms with van der Waals surface area (Å²) in [6.45, 7) is 4.27. The molecule has 0 radical (unpaired) electrons. The van der Waals surface area contributed by atoms with Crippen LogP contribution >= 0.6 is 28.1 Å². The number of benzene rings is 2. The first-order valence-corrected chi connectivity index (χ1v) is 11.7. The van der Waals surface area contributed by atoms with Gasteiger partial charge in [0, 0.05) is 33.9 Å². The first-order chi connectivity index (χ1) is 15.5. The summed E-state index contributed by atoms with van der Waals surface area (Å²) < 4.78 is 3.27. The van der Waals surface area contributed by atoms with E-state index in [2.05, 4.69) is 110 Å². The number of thiocarbonyl (C=S) groups is 1. The van der Waals surface area contributed by atoms with Crippen LogP contribution in [-0.4, -0.2) is 14.7 Å². The lowest BCUT2D eigenvalue weighted by molar-refractivity contribution is 0.549. The average molecular weight is 503 g/mol. The van der Waals surface area contributed by atoms with E-state index in [9.17, 15) is 0 Å². The molecule has 5 rings (SSSR count). The molecule has 1 fully saturated rings. The number of anilines is 1. The Hall–Kier alpha value is -2.96. The van der Waals surface area contributed by atoms with Crippen LogP contribution in [0.15, 0.2) is 89.7 Å². The topological polar surface area (TPSA) is 33.1 Å². The minimum Gasteiger partial charge on any atom is -0.351 e. The molecule has 1 N–H and O–H groups in total. The molecule has 2 aromatic heterocycles. The summed E-state index contributed by atoms with van der Waals surface area (Å²) >= 11 is 9.49. The van der Waals surface area contributed by atoms with Gasteiger partial charge in [0.15, 0.2) is 5.11 Å². The third-order valence-corrected chi connectivity index (χ3v) is 6.84. The molecule has 160 valence electrons. The lowest BCUT2D eigenvalue weighted by Crippen LogP contribution is -2.30.